The molecular formula is C17H26N2O2. The number of nitrogen functional groups attached to an aromatic ring is 1. The summed E-state index contributed by atoms with van der Waals surface area (Å²) in [5.74, 6) is -0.277. The Bertz CT molecular complexity index is 494. The first kappa shape index (κ1) is 15.7. The molecule has 4 nitrogen and oxygen atoms in total. The largest absolute Gasteiger partial charge is 0.478 e. The fraction of sp³-hybridized carbons (Fsp3) is 0.588. The first-order valence-corrected chi connectivity index (χ1v) is 7.88. The van der Waals surface area contributed by atoms with Gasteiger partial charge in [0.15, 0.2) is 0 Å². The lowest BCUT2D eigenvalue weighted by Gasteiger charge is -2.33. The summed E-state index contributed by atoms with van der Waals surface area (Å²) >= 11 is 0. The van der Waals surface area contributed by atoms with Gasteiger partial charge in [0.25, 0.3) is 0 Å². The molecule has 0 radical (unpaired) electrons. The molecule has 1 aliphatic carbocycles. The highest BCUT2D eigenvalue weighted by Gasteiger charge is 2.26. The van der Waals surface area contributed by atoms with Crippen LogP contribution >= 0.6 is 0 Å². The molecule has 0 amide bonds. The highest BCUT2D eigenvalue weighted by Crippen LogP contribution is 2.32. The van der Waals surface area contributed by atoms with Crippen molar-refractivity contribution in [1.82, 2.24) is 0 Å². The van der Waals surface area contributed by atoms with Crippen LogP contribution < -0.4 is 10.6 Å². The third kappa shape index (κ3) is 3.90. The van der Waals surface area contributed by atoms with Gasteiger partial charge in [-0.1, -0.05) is 26.7 Å². The minimum absolute atomic E-state index is 0.361. The molecule has 0 aliphatic heterocycles. The predicted molar refractivity (Wildman–Crippen MR) is 86.9 cm³/mol. The SMILES string of the molecule is CC(C)CCN(c1cc(N)ccc1C(=O)O)C1CCCC1. The van der Waals surface area contributed by atoms with Crippen molar-refractivity contribution in [3.63, 3.8) is 0 Å². The van der Waals surface area contributed by atoms with Gasteiger partial charge in [-0.25, -0.2) is 4.79 Å². The van der Waals surface area contributed by atoms with Gasteiger partial charge in [-0.3, -0.25) is 0 Å². The molecule has 1 aliphatic rings. The Hall–Kier alpha value is -1.71. The lowest BCUT2D eigenvalue weighted by atomic mass is 10.0. The monoisotopic (exact) mass is 290 g/mol. The maximum atomic E-state index is 11.5. The molecule has 1 aromatic carbocycles. The Balaban J connectivity index is 2.34. The van der Waals surface area contributed by atoms with Crippen molar-refractivity contribution in [2.24, 2.45) is 5.92 Å². The van der Waals surface area contributed by atoms with E-state index in [0.717, 1.165) is 31.5 Å². The quantitative estimate of drug-likeness (QED) is 0.783. The topological polar surface area (TPSA) is 66.6 Å². The van der Waals surface area contributed by atoms with Gasteiger partial charge in [0.05, 0.1) is 11.3 Å². The number of rotatable bonds is 6. The maximum absolute atomic E-state index is 11.5. The van der Waals surface area contributed by atoms with Crippen LogP contribution in [-0.2, 0) is 0 Å². The van der Waals surface area contributed by atoms with Crippen molar-refractivity contribution in [1.29, 1.82) is 0 Å². The zero-order valence-electron chi connectivity index (χ0n) is 13.0. The molecule has 0 unspecified atom stereocenters. The zero-order valence-corrected chi connectivity index (χ0v) is 13.0. The van der Waals surface area contributed by atoms with E-state index in [0.29, 0.717) is 23.2 Å². The summed E-state index contributed by atoms with van der Waals surface area (Å²) in [6, 6.07) is 5.57. The minimum atomic E-state index is -0.877. The normalized spacial score (nSPS) is 15.6. The second-order valence-electron chi connectivity index (χ2n) is 6.40. The van der Waals surface area contributed by atoms with Crippen LogP contribution in [0, 0.1) is 5.92 Å². The molecule has 116 valence electrons. The van der Waals surface area contributed by atoms with Crippen molar-refractivity contribution >= 4 is 17.3 Å². The Morgan fingerprint density at radius 1 is 1.38 bits per heavy atom. The smallest absolute Gasteiger partial charge is 0.337 e. The fourth-order valence-corrected chi connectivity index (χ4v) is 3.08. The predicted octanol–water partition coefficient (Wildman–Crippen LogP) is 3.76. The molecular weight excluding hydrogens is 264 g/mol. The molecule has 1 fully saturated rings. The first-order chi connectivity index (χ1) is 9.99. The fourth-order valence-electron chi connectivity index (χ4n) is 3.08. The average Bonchev–Trinajstić information content (AvgIpc) is 2.92. The Morgan fingerprint density at radius 3 is 2.62 bits per heavy atom. The van der Waals surface area contributed by atoms with Crippen molar-refractivity contribution in [2.75, 3.05) is 17.2 Å². The summed E-state index contributed by atoms with van der Waals surface area (Å²) in [6.45, 7) is 5.29. The standard InChI is InChI=1S/C17H26N2O2/c1-12(2)9-10-19(14-5-3-4-6-14)16-11-13(18)7-8-15(16)17(20)21/h7-8,11-12,14H,3-6,9-10,18H2,1-2H3,(H,20,21). The molecule has 0 saturated heterocycles. The molecule has 1 saturated carbocycles. The second kappa shape index (κ2) is 6.83. The van der Waals surface area contributed by atoms with Crippen LogP contribution in [0.25, 0.3) is 0 Å². The van der Waals surface area contributed by atoms with E-state index < -0.39 is 5.97 Å². The number of benzene rings is 1. The third-order valence-corrected chi connectivity index (χ3v) is 4.27. The van der Waals surface area contributed by atoms with E-state index >= 15 is 0 Å². The average molecular weight is 290 g/mol. The van der Waals surface area contributed by atoms with Crippen molar-refractivity contribution in [3.8, 4) is 0 Å². The van der Waals surface area contributed by atoms with E-state index in [4.69, 9.17) is 5.73 Å². The van der Waals surface area contributed by atoms with Gasteiger partial charge in [0, 0.05) is 18.3 Å². The van der Waals surface area contributed by atoms with Crippen molar-refractivity contribution < 1.29 is 9.90 Å². The summed E-state index contributed by atoms with van der Waals surface area (Å²) in [7, 11) is 0. The van der Waals surface area contributed by atoms with Crippen molar-refractivity contribution in [3.05, 3.63) is 23.8 Å². The van der Waals surface area contributed by atoms with Crippen LogP contribution in [0.15, 0.2) is 18.2 Å². The zero-order chi connectivity index (χ0) is 15.4. The van der Waals surface area contributed by atoms with Crippen molar-refractivity contribution in [2.45, 2.75) is 52.0 Å². The van der Waals surface area contributed by atoms with Crippen LogP contribution in [-0.4, -0.2) is 23.7 Å². The summed E-state index contributed by atoms with van der Waals surface area (Å²) in [5, 5.41) is 9.46. The third-order valence-electron chi connectivity index (χ3n) is 4.27. The molecule has 0 heterocycles. The molecule has 4 heteroatoms. The minimum Gasteiger partial charge on any atom is -0.478 e. The number of nitrogens with zero attached hydrogens (tertiary/aromatic N) is 1. The van der Waals surface area contributed by atoms with Gasteiger partial charge < -0.3 is 15.7 Å². The lowest BCUT2D eigenvalue weighted by molar-refractivity contribution is 0.0697. The number of carbonyl (C=O) groups is 1. The van der Waals surface area contributed by atoms with Gasteiger partial charge in [-0.05, 0) is 43.4 Å². The number of hydrogen-bond donors (Lipinski definition) is 2. The molecule has 2 rings (SSSR count). The Labute approximate surface area is 126 Å². The van der Waals surface area contributed by atoms with E-state index in [1.807, 2.05) is 6.07 Å². The summed E-state index contributed by atoms with van der Waals surface area (Å²) in [6.07, 6.45) is 5.81. The van der Waals surface area contributed by atoms with E-state index in [1.54, 1.807) is 12.1 Å². The van der Waals surface area contributed by atoms with Gasteiger partial charge in [0.1, 0.15) is 0 Å². The number of carboxylic acids is 1. The Morgan fingerprint density at radius 2 is 2.05 bits per heavy atom. The first-order valence-electron chi connectivity index (χ1n) is 7.88. The highest BCUT2D eigenvalue weighted by molar-refractivity contribution is 5.95. The van der Waals surface area contributed by atoms with E-state index in [9.17, 15) is 9.90 Å². The highest BCUT2D eigenvalue weighted by atomic mass is 16.4. The number of nitrogens with two attached hydrogens (primary N) is 1. The molecule has 21 heavy (non-hydrogen) atoms. The Kier molecular flexibility index (Phi) is 5.10. The van der Waals surface area contributed by atoms with Crippen LogP contribution in [0.3, 0.4) is 0 Å². The number of aromatic carboxylic acids is 1. The van der Waals surface area contributed by atoms with E-state index in [1.165, 1.54) is 12.8 Å². The number of anilines is 2. The molecule has 0 bridgehead atoms. The van der Waals surface area contributed by atoms with E-state index in [-0.39, 0.29) is 0 Å². The summed E-state index contributed by atoms with van der Waals surface area (Å²) in [4.78, 5) is 13.8. The lowest BCUT2D eigenvalue weighted by Crippen LogP contribution is -2.36. The summed E-state index contributed by atoms with van der Waals surface area (Å²) < 4.78 is 0. The van der Waals surface area contributed by atoms with Gasteiger partial charge in [0.2, 0.25) is 0 Å². The summed E-state index contributed by atoms with van der Waals surface area (Å²) in [5.41, 5.74) is 7.68. The molecule has 3 N–H and O–H groups in total. The number of carboxylic acid groups (broad SMARTS) is 1. The van der Waals surface area contributed by atoms with E-state index in [2.05, 4.69) is 18.7 Å². The molecule has 1 aromatic rings. The van der Waals surface area contributed by atoms with Crippen LogP contribution in [0.1, 0.15) is 56.3 Å². The van der Waals surface area contributed by atoms with Crippen LogP contribution in [0.5, 0.6) is 0 Å². The molecule has 0 aromatic heterocycles. The second-order valence-corrected chi connectivity index (χ2v) is 6.40. The van der Waals surface area contributed by atoms with Gasteiger partial charge in [-0.15, -0.1) is 0 Å². The van der Waals surface area contributed by atoms with Crippen LogP contribution in [0.4, 0.5) is 11.4 Å². The molecule has 0 atom stereocenters. The maximum Gasteiger partial charge on any atom is 0.337 e. The van der Waals surface area contributed by atoms with Gasteiger partial charge in [-0.2, -0.15) is 0 Å². The molecule has 0 spiro atoms. The van der Waals surface area contributed by atoms with Gasteiger partial charge >= 0.3 is 5.97 Å². The van der Waals surface area contributed by atoms with Crippen LogP contribution in [0.2, 0.25) is 0 Å². The number of hydrogen-bond acceptors (Lipinski definition) is 3.